The molecule has 0 saturated heterocycles. The molecule has 0 spiro atoms. The lowest BCUT2D eigenvalue weighted by Gasteiger charge is -2.11. The largest absolute Gasteiger partial charge is 0.493 e. The third-order valence-electron chi connectivity index (χ3n) is 3.43. The van der Waals surface area contributed by atoms with Crippen LogP contribution in [0.4, 0.5) is 11.6 Å². The Bertz CT molecular complexity index is 1060. The fourth-order valence-corrected chi connectivity index (χ4v) is 2.15. The number of tetrazole rings is 1. The lowest BCUT2D eigenvalue weighted by atomic mass is 10.2. The number of rotatable bonds is 7. The highest BCUT2D eigenvalue weighted by atomic mass is 16.6. The molecule has 0 aliphatic rings. The Morgan fingerprint density at radius 3 is 2.79 bits per heavy atom. The van der Waals surface area contributed by atoms with E-state index in [4.69, 9.17) is 9.47 Å². The molecule has 0 radical (unpaired) electrons. The minimum atomic E-state index is -0.581. The van der Waals surface area contributed by atoms with E-state index in [1.54, 1.807) is 18.2 Å². The van der Waals surface area contributed by atoms with Gasteiger partial charge in [0, 0.05) is 12.1 Å². The molecule has 0 fully saturated rings. The molecular formula is C16H12N8O4. The average molecular weight is 380 g/mol. The van der Waals surface area contributed by atoms with Crippen molar-refractivity contribution in [1.29, 1.82) is 5.26 Å². The molecule has 0 atom stereocenters. The Balaban J connectivity index is 1.80. The van der Waals surface area contributed by atoms with E-state index in [0.717, 1.165) is 6.07 Å². The molecule has 0 aliphatic carbocycles. The molecule has 1 aromatic heterocycles. The zero-order valence-corrected chi connectivity index (χ0v) is 14.4. The highest BCUT2D eigenvalue weighted by Crippen LogP contribution is 2.34. The molecule has 140 valence electrons. The first kappa shape index (κ1) is 18.3. The quantitative estimate of drug-likeness (QED) is 0.355. The number of anilines is 1. The van der Waals surface area contributed by atoms with Crippen LogP contribution in [-0.4, -0.2) is 38.9 Å². The fourth-order valence-electron chi connectivity index (χ4n) is 2.15. The van der Waals surface area contributed by atoms with Crippen LogP contribution in [-0.2, 0) is 0 Å². The number of nitriles is 1. The molecule has 3 rings (SSSR count). The summed E-state index contributed by atoms with van der Waals surface area (Å²) in [7, 11) is 1.46. The number of nitro groups is 1. The number of hydrazone groups is 1. The molecule has 0 amide bonds. The van der Waals surface area contributed by atoms with Gasteiger partial charge >= 0.3 is 0 Å². The van der Waals surface area contributed by atoms with Gasteiger partial charge in [-0.2, -0.15) is 15.6 Å². The summed E-state index contributed by atoms with van der Waals surface area (Å²) in [5.41, 5.74) is 3.11. The number of aromatic amines is 1. The normalized spacial score (nSPS) is 10.4. The molecular weight excluding hydrogens is 368 g/mol. The number of nitrogens with zero attached hydrogens (tertiary/aromatic N) is 6. The fraction of sp³-hybridized carbons (Fsp3) is 0.0625. The van der Waals surface area contributed by atoms with E-state index in [-0.39, 0.29) is 22.9 Å². The van der Waals surface area contributed by atoms with Gasteiger partial charge < -0.3 is 9.47 Å². The van der Waals surface area contributed by atoms with Gasteiger partial charge in [-0.25, -0.2) is 5.43 Å². The minimum absolute atomic E-state index is 0.0335. The minimum Gasteiger partial charge on any atom is -0.493 e. The van der Waals surface area contributed by atoms with Crippen LogP contribution in [0.3, 0.4) is 0 Å². The van der Waals surface area contributed by atoms with Gasteiger partial charge in [0.1, 0.15) is 17.4 Å². The van der Waals surface area contributed by atoms with Crippen LogP contribution < -0.4 is 14.9 Å². The molecule has 2 N–H and O–H groups in total. The van der Waals surface area contributed by atoms with Crippen molar-refractivity contribution >= 4 is 17.9 Å². The van der Waals surface area contributed by atoms with E-state index in [2.05, 4.69) is 31.2 Å². The number of aromatic nitrogens is 4. The molecule has 12 nitrogen and oxygen atoms in total. The second-order valence-corrected chi connectivity index (χ2v) is 5.17. The second-order valence-electron chi connectivity index (χ2n) is 5.17. The summed E-state index contributed by atoms with van der Waals surface area (Å²) in [6, 6.07) is 10.6. The molecule has 1 heterocycles. The molecule has 28 heavy (non-hydrogen) atoms. The van der Waals surface area contributed by atoms with Crippen LogP contribution in [0.15, 0.2) is 41.5 Å². The Morgan fingerprint density at radius 2 is 2.11 bits per heavy atom. The van der Waals surface area contributed by atoms with E-state index < -0.39 is 4.92 Å². The van der Waals surface area contributed by atoms with Crippen LogP contribution in [0, 0.1) is 21.4 Å². The number of ether oxygens (including phenoxy) is 2. The van der Waals surface area contributed by atoms with Crippen LogP contribution >= 0.6 is 0 Å². The highest BCUT2D eigenvalue weighted by Gasteiger charge is 2.14. The number of methoxy groups -OCH3 is 1. The maximum atomic E-state index is 10.8. The summed E-state index contributed by atoms with van der Waals surface area (Å²) in [4.78, 5) is 10.3. The van der Waals surface area contributed by atoms with Crippen molar-refractivity contribution in [3.63, 3.8) is 0 Å². The van der Waals surface area contributed by atoms with Gasteiger partial charge in [0.2, 0.25) is 0 Å². The van der Waals surface area contributed by atoms with Crippen LogP contribution in [0.25, 0.3) is 0 Å². The molecule has 3 aromatic rings. The molecule has 0 bridgehead atoms. The van der Waals surface area contributed by atoms with E-state index in [0.29, 0.717) is 17.1 Å². The predicted octanol–water partition coefficient (Wildman–Crippen LogP) is 2.23. The van der Waals surface area contributed by atoms with Crippen molar-refractivity contribution in [2.45, 2.75) is 0 Å². The van der Waals surface area contributed by atoms with Gasteiger partial charge in [-0.3, -0.25) is 10.1 Å². The highest BCUT2D eigenvalue weighted by molar-refractivity contribution is 5.81. The number of H-pyrrole nitrogens is 1. The number of benzene rings is 2. The van der Waals surface area contributed by atoms with E-state index in [1.165, 1.54) is 25.5 Å². The Labute approximate surface area is 157 Å². The van der Waals surface area contributed by atoms with Gasteiger partial charge in [-0.05, 0) is 35.0 Å². The van der Waals surface area contributed by atoms with E-state index in [1.807, 2.05) is 6.07 Å². The molecule has 0 aliphatic heterocycles. The van der Waals surface area contributed by atoms with E-state index in [9.17, 15) is 15.4 Å². The van der Waals surface area contributed by atoms with Crippen molar-refractivity contribution in [1.82, 2.24) is 20.6 Å². The first-order valence-electron chi connectivity index (χ1n) is 7.67. The number of nitro benzene ring substituents is 1. The van der Waals surface area contributed by atoms with Gasteiger partial charge in [-0.15, -0.1) is 5.10 Å². The van der Waals surface area contributed by atoms with Crippen LogP contribution in [0.2, 0.25) is 0 Å². The molecule has 0 unspecified atom stereocenters. The number of hydrogen-bond donors (Lipinski definition) is 2. The van der Waals surface area contributed by atoms with Gasteiger partial charge in [-0.1, -0.05) is 5.10 Å². The zero-order valence-electron chi connectivity index (χ0n) is 14.4. The Morgan fingerprint density at radius 1 is 1.29 bits per heavy atom. The maximum Gasteiger partial charge on any atom is 0.283 e. The van der Waals surface area contributed by atoms with Crippen molar-refractivity contribution < 1.29 is 14.4 Å². The summed E-state index contributed by atoms with van der Waals surface area (Å²) in [5, 5.41) is 37.1. The third-order valence-corrected chi connectivity index (χ3v) is 3.43. The Hall–Kier alpha value is -4.53. The van der Waals surface area contributed by atoms with Crippen LogP contribution in [0.5, 0.6) is 17.2 Å². The molecule has 2 aromatic carbocycles. The van der Waals surface area contributed by atoms with Crippen molar-refractivity contribution in [2.75, 3.05) is 12.5 Å². The van der Waals surface area contributed by atoms with Crippen molar-refractivity contribution in [2.24, 2.45) is 5.10 Å². The molecule has 12 heteroatoms. The monoisotopic (exact) mass is 380 g/mol. The van der Waals surface area contributed by atoms with Gasteiger partial charge in [0.25, 0.3) is 11.6 Å². The second kappa shape index (κ2) is 8.23. The number of hydrogen-bond acceptors (Lipinski definition) is 10. The number of nitrogens with one attached hydrogen (secondary N) is 2. The lowest BCUT2D eigenvalue weighted by Crippen LogP contribution is -1.96. The molecule has 0 saturated carbocycles. The standard InChI is InChI=1S/C16H12N8O4/c1-27-15-6-10(9-18-19-16-20-22-23-21-16)2-4-14(15)28-13-5-3-12(24(25)26)7-11(13)8-17/h2-7,9H,1H3,(H2,19,20,21,22,23)/b18-9-. The van der Waals surface area contributed by atoms with Crippen molar-refractivity contribution in [3.05, 3.63) is 57.6 Å². The smallest absolute Gasteiger partial charge is 0.283 e. The summed E-state index contributed by atoms with van der Waals surface area (Å²) < 4.78 is 11.0. The average Bonchev–Trinajstić information content (AvgIpc) is 3.22. The first-order valence-corrected chi connectivity index (χ1v) is 7.67. The SMILES string of the molecule is COc1cc(/C=N\Nc2nn[nH]n2)ccc1Oc1ccc([N+](=O)[O-])cc1C#N. The number of non-ortho nitro benzene ring substituents is 1. The van der Waals surface area contributed by atoms with Gasteiger partial charge in [0.15, 0.2) is 11.5 Å². The maximum absolute atomic E-state index is 10.8. The Kier molecular flexibility index (Phi) is 5.37. The lowest BCUT2D eigenvalue weighted by molar-refractivity contribution is -0.384. The topological polar surface area (TPSA) is 164 Å². The summed E-state index contributed by atoms with van der Waals surface area (Å²) in [6.07, 6.45) is 1.51. The summed E-state index contributed by atoms with van der Waals surface area (Å²) in [5.74, 6) is 1.10. The third kappa shape index (κ3) is 4.17. The van der Waals surface area contributed by atoms with Crippen LogP contribution in [0.1, 0.15) is 11.1 Å². The predicted molar refractivity (Wildman–Crippen MR) is 96.3 cm³/mol. The summed E-state index contributed by atoms with van der Waals surface area (Å²) in [6.45, 7) is 0. The van der Waals surface area contributed by atoms with Gasteiger partial charge in [0.05, 0.1) is 18.2 Å². The first-order chi connectivity index (χ1) is 13.6. The van der Waals surface area contributed by atoms with E-state index >= 15 is 0 Å². The van der Waals surface area contributed by atoms with Crippen molar-refractivity contribution in [3.8, 4) is 23.3 Å². The summed E-state index contributed by atoms with van der Waals surface area (Å²) >= 11 is 0. The zero-order chi connectivity index (χ0) is 19.9.